The molecule has 2 atom stereocenters. The molecule has 1 aromatic rings. The molecule has 0 bridgehead atoms. The number of allylic oxidation sites excluding steroid dienone is 2. The molecule has 3 rings (SSSR count). The lowest BCUT2D eigenvalue weighted by molar-refractivity contribution is 0.0820. The lowest BCUT2D eigenvalue weighted by Gasteiger charge is -2.48. The Kier molecular flexibility index (Phi) is 7.84. The van der Waals surface area contributed by atoms with Gasteiger partial charge in [-0.1, -0.05) is 12.2 Å². The average Bonchev–Trinajstić information content (AvgIpc) is 2.82. The molecule has 1 heterocycles. The molecule has 2 N–H and O–H groups in total. The van der Waals surface area contributed by atoms with Gasteiger partial charge in [0.25, 0.3) is 5.91 Å². The molecule has 0 saturated carbocycles. The van der Waals surface area contributed by atoms with Crippen molar-refractivity contribution in [3.63, 3.8) is 0 Å². The predicted molar refractivity (Wildman–Crippen MR) is 124 cm³/mol. The first-order valence-corrected chi connectivity index (χ1v) is 12.5. The summed E-state index contributed by atoms with van der Waals surface area (Å²) in [6.07, 6.45) is 7.57. The molecule has 2 aliphatic rings. The van der Waals surface area contributed by atoms with E-state index in [2.05, 4.69) is 16.7 Å². The van der Waals surface area contributed by atoms with Crippen molar-refractivity contribution < 1.29 is 22.7 Å². The van der Waals surface area contributed by atoms with Crippen LogP contribution >= 0.6 is 0 Å². The molecule has 1 aromatic carbocycles. The van der Waals surface area contributed by atoms with Crippen molar-refractivity contribution in [2.75, 3.05) is 41.4 Å². The van der Waals surface area contributed by atoms with Crippen LogP contribution in [0.3, 0.4) is 0 Å². The van der Waals surface area contributed by atoms with Gasteiger partial charge in [0.1, 0.15) is 11.5 Å². The van der Waals surface area contributed by atoms with Crippen LogP contribution in [-0.2, 0) is 10.0 Å². The Balaban J connectivity index is 2.13. The van der Waals surface area contributed by atoms with Crippen molar-refractivity contribution in [1.82, 2.24) is 14.9 Å². The fourth-order valence-corrected chi connectivity index (χ4v) is 7.11. The van der Waals surface area contributed by atoms with E-state index in [0.29, 0.717) is 37.2 Å². The standard InChI is InChI=1S/C23H35N3O5S/c1-26(2)32(28,29)23(17-8-6-5-7-9-17,18-12-14-24-15-13-18)25-22(27)20-11-10-19(30-3)16-21(20)31-4/h5-6,10-11,16-18,24H,7-9,12-15H2,1-4H3,(H,25,27). The van der Waals surface area contributed by atoms with Crippen molar-refractivity contribution in [2.45, 2.75) is 37.0 Å². The monoisotopic (exact) mass is 465 g/mol. The van der Waals surface area contributed by atoms with Gasteiger partial charge in [0.15, 0.2) is 4.87 Å². The van der Waals surface area contributed by atoms with Crippen LogP contribution < -0.4 is 20.1 Å². The number of nitrogens with one attached hydrogen (secondary N) is 2. The highest BCUT2D eigenvalue weighted by Crippen LogP contribution is 2.44. The topological polar surface area (TPSA) is 97.0 Å². The summed E-state index contributed by atoms with van der Waals surface area (Å²) in [5, 5.41) is 6.39. The molecule has 8 nitrogen and oxygen atoms in total. The molecule has 32 heavy (non-hydrogen) atoms. The van der Waals surface area contributed by atoms with Gasteiger partial charge < -0.3 is 20.1 Å². The van der Waals surface area contributed by atoms with Gasteiger partial charge in [-0.2, -0.15) is 0 Å². The second-order valence-electron chi connectivity index (χ2n) is 8.61. The quantitative estimate of drug-likeness (QED) is 0.572. The first kappa shape index (κ1) is 24.5. The van der Waals surface area contributed by atoms with Crippen LogP contribution in [0.15, 0.2) is 30.4 Å². The third kappa shape index (κ3) is 4.51. The molecule has 9 heteroatoms. The van der Waals surface area contributed by atoms with E-state index in [4.69, 9.17) is 9.47 Å². The fourth-order valence-electron chi connectivity index (χ4n) is 4.99. The largest absolute Gasteiger partial charge is 0.497 e. The summed E-state index contributed by atoms with van der Waals surface area (Å²) in [5.74, 6) is 0.00764. The Labute approximate surface area is 191 Å². The Bertz CT molecular complexity index is 941. The van der Waals surface area contributed by atoms with Crippen LogP contribution in [-0.4, -0.2) is 64.9 Å². The van der Waals surface area contributed by atoms with E-state index in [9.17, 15) is 13.2 Å². The Morgan fingerprint density at radius 2 is 1.81 bits per heavy atom. The summed E-state index contributed by atoms with van der Waals surface area (Å²) in [5.41, 5.74) is 0.284. The van der Waals surface area contributed by atoms with E-state index in [1.54, 1.807) is 32.3 Å². The van der Waals surface area contributed by atoms with E-state index in [1.807, 2.05) is 6.08 Å². The van der Waals surface area contributed by atoms with Crippen LogP contribution in [0.25, 0.3) is 0 Å². The first-order valence-electron chi connectivity index (χ1n) is 11.1. The van der Waals surface area contributed by atoms with Gasteiger partial charge in [-0.3, -0.25) is 4.79 Å². The molecular weight excluding hydrogens is 430 g/mol. The van der Waals surface area contributed by atoms with Gasteiger partial charge in [-0.15, -0.1) is 0 Å². The van der Waals surface area contributed by atoms with E-state index < -0.39 is 20.8 Å². The summed E-state index contributed by atoms with van der Waals surface area (Å²) in [6.45, 7) is 1.44. The van der Waals surface area contributed by atoms with Crippen LogP contribution in [0.1, 0.15) is 42.5 Å². The van der Waals surface area contributed by atoms with Gasteiger partial charge in [-0.05, 0) is 57.3 Å². The number of nitrogens with zero attached hydrogens (tertiary/aromatic N) is 1. The summed E-state index contributed by atoms with van der Waals surface area (Å²) in [4.78, 5) is 12.2. The van der Waals surface area contributed by atoms with Crippen LogP contribution in [0, 0.1) is 11.8 Å². The molecule has 1 saturated heterocycles. The Morgan fingerprint density at radius 1 is 1.09 bits per heavy atom. The predicted octanol–water partition coefficient (Wildman–Crippen LogP) is 2.38. The van der Waals surface area contributed by atoms with Crippen LogP contribution in [0.2, 0.25) is 0 Å². The molecular formula is C23H35N3O5S. The molecule has 0 radical (unpaired) electrons. The smallest absolute Gasteiger partial charge is 0.256 e. The molecule has 1 aliphatic heterocycles. The molecule has 0 aromatic heterocycles. The van der Waals surface area contributed by atoms with Gasteiger partial charge in [0.2, 0.25) is 10.0 Å². The number of rotatable bonds is 8. The number of carbonyl (C=O) groups is 1. The minimum absolute atomic E-state index is 0.208. The lowest BCUT2D eigenvalue weighted by atomic mass is 9.76. The zero-order valence-corrected chi connectivity index (χ0v) is 20.2. The van der Waals surface area contributed by atoms with Crippen molar-refractivity contribution >= 4 is 15.9 Å². The maximum absolute atomic E-state index is 14.0. The number of benzene rings is 1. The lowest BCUT2D eigenvalue weighted by Crippen LogP contribution is -2.67. The molecule has 178 valence electrons. The number of methoxy groups -OCH3 is 2. The second-order valence-corrected chi connectivity index (χ2v) is 11.0. The zero-order chi connectivity index (χ0) is 23.4. The molecule has 0 spiro atoms. The summed E-state index contributed by atoms with van der Waals surface area (Å²) < 4.78 is 39.9. The SMILES string of the molecule is COc1ccc(C(=O)NC(C2CC=CCC2)(C2CCNCC2)S(=O)(=O)N(C)C)c(OC)c1. The first-order chi connectivity index (χ1) is 15.3. The van der Waals surface area contributed by atoms with Crippen molar-refractivity contribution in [3.8, 4) is 11.5 Å². The minimum atomic E-state index is -3.86. The van der Waals surface area contributed by atoms with E-state index >= 15 is 0 Å². The van der Waals surface area contributed by atoms with Crippen LogP contribution in [0.5, 0.6) is 11.5 Å². The summed E-state index contributed by atoms with van der Waals surface area (Å²) in [6, 6.07) is 4.92. The second kappa shape index (κ2) is 10.2. The highest BCUT2D eigenvalue weighted by molar-refractivity contribution is 7.90. The number of hydrogen-bond donors (Lipinski definition) is 2. The maximum Gasteiger partial charge on any atom is 0.256 e. The van der Waals surface area contributed by atoms with Gasteiger partial charge >= 0.3 is 0 Å². The number of sulfonamides is 1. The van der Waals surface area contributed by atoms with Crippen molar-refractivity contribution in [2.24, 2.45) is 11.8 Å². The molecule has 2 unspecified atom stereocenters. The van der Waals surface area contributed by atoms with Gasteiger partial charge in [0.05, 0.1) is 19.8 Å². The van der Waals surface area contributed by atoms with Crippen molar-refractivity contribution in [3.05, 3.63) is 35.9 Å². The Morgan fingerprint density at radius 3 is 2.38 bits per heavy atom. The zero-order valence-electron chi connectivity index (χ0n) is 19.4. The Hall–Kier alpha value is -2.10. The number of amides is 1. The third-order valence-corrected chi connectivity index (χ3v) is 9.27. The summed E-state index contributed by atoms with van der Waals surface area (Å²) in [7, 11) is 2.25. The van der Waals surface area contributed by atoms with E-state index in [-0.39, 0.29) is 17.4 Å². The minimum Gasteiger partial charge on any atom is -0.497 e. The third-order valence-electron chi connectivity index (χ3n) is 6.69. The molecule has 1 fully saturated rings. The number of ether oxygens (including phenoxy) is 2. The highest BCUT2D eigenvalue weighted by atomic mass is 32.2. The van der Waals surface area contributed by atoms with E-state index in [0.717, 1.165) is 19.5 Å². The van der Waals surface area contributed by atoms with E-state index in [1.165, 1.54) is 18.5 Å². The van der Waals surface area contributed by atoms with Crippen LogP contribution in [0.4, 0.5) is 0 Å². The molecule has 1 amide bonds. The van der Waals surface area contributed by atoms with Crippen molar-refractivity contribution in [1.29, 1.82) is 0 Å². The summed E-state index contributed by atoms with van der Waals surface area (Å²) >= 11 is 0. The highest BCUT2D eigenvalue weighted by Gasteiger charge is 2.57. The number of carbonyl (C=O) groups excluding carboxylic acids is 1. The number of piperidine rings is 1. The molecule has 1 aliphatic carbocycles. The fraction of sp³-hybridized carbons (Fsp3) is 0.609. The maximum atomic E-state index is 14.0. The average molecular weight is 466 g/mol. The number of hydrogen-bond acceptors (Lipinski definition) is 6. The van der Waals surface area contributed by atoms with Gasteiger partial charge in [0, 0.05) is 32.0 Å². The normalized spacial score (nSPS) is 21.7. The van der Waals surface area contributed by atoms with Gasteiger partial charge in [-0.25, -0.2) is 12.7 Å².